The molecular weight excluding hydrogens is 508 g/mol. The van der Waals surface area contributed by atoms with Gasteiger partial charge >= 0.3 is 0 Å². The number of hydrogen-bond acceptors (Lipinski definition) is 6. The summed E-state index contributed by atoms with van der Waals surface area (Å²) in [6, 6.07) is 23.8. The Morgan fingerprint density at radius 3 is 2.45 bits per heavy atom. The molecule has 38 heavy (non-hydrogen) atoms. The molecule has 184 valence electrons. The fourth-order valence-corrected chi connectivity index (χ4v) is 5.12. The van der Waals surface area contributed by atoms with E-state index in [0.717, 1.165) is 46.3 Å². The molecule has 0 bridgehead atoms. The summed E-state index contributed by atoms with van der Waals surface area (Å²) in [5.74, 6) is -1.61. The van der Waals surface area contributed by atoms with Crippen LogP contribution >= 0.6 is 11.8 Å². The van der Waals surface area contributed by atoms with Crippen molar-refractivity contribution in [1.82, 2.24) is 4.98 Å². The number of carbonyl (C=O) groups excluding carboxylic acids is 1. The first-order valence-corrected chi connectivity index (χ1v) is 12.0. The summed E-state index contributed by atoms with van der Waals surface area (Å²) in [7, 11) is 0. The Hall–Kier alpha value is -4.94. The summed E-state index contributed by atoms with van der Waals surface area (Å²) in [6.45, 7) is 0. The van der Waals surface area contributed by atoms with Gasteiger partial charge < -0.3 is 0 Å². The topological polar surface area (TPSA) is 96.9 Å². The van der Waals surface area contributed by atoms with Crippen LogP contribution in [0.15, 0.2) is 94.9 Å². The normalized spacial score (nSPS) is 10.8. The summed E-state index contributed by atoms with van der Waals surface area (Å²) in [5.41, 5.74) is 1.14. The Morgan fingerprint density at radius 2 is 1.71 bits per heavy atom. The minimum absolute atomic E-state index is 0.00740. The predicted molar refractivity (Wildman–Crippen MR) is 140 cm³/mol. The quantitative estimate of drug-likeness (QED) is 0.129. The van der Waals surface area contributed by atoms with Crippen LogP contribution in [-0.4, -0.2) is 16.2 Å². The summed E-state index contributed by atoms with van der Waals surface area (Å²) in [6.07, 6.45) is 0.483. The van der Waals surface area contributed by atoms with Gasteiger partial charge in [0.15, 0.2) is 6.29 Å². The molecule has 1 heterocycles. The lowest BCUT2D eigenvalue weighted by Crippen LogP contribution is -1.99. The Labute approximate surface area is 219 Å². The molecule has 6 nitrogen and oxygen atoms in total. The number of aromatic nitrogens is 1. The van der Waals surface area contributed by atoms with Crippen molar-refractivity contribution in [3.05, 3.63) is 118 Å². The molecule has 0 saturated carbocycles. The highest BCUT2D eigenvalue weighted by Crippen LogP contribution is 2.40. The number of nitriles is 1. The number of fused-ring (bicyclic) bond motifs is 1. The number of nitrogens with zero attached hydrogens (tertiary/aromatic N) is 3. The van der Waals surface area contributed by atoms with Gasteiger partial charge in [0.1, 0.15) is 22.7 Å². The molecule has 0 aliphatic heterocycles. The molecule has 0 unspecified atom stereocenters. The highest BCUT2D eigenvalue weighted by atomic mass is 32.2. The van der Waals surface area contributed by atoms with E-state index in [2.05, 4.69) is 6.07 Å². The van der Waals surface area contributed by atoms with E-state index >= 15 is 0 Å². The molecule has 0 atom stereocenters. The van der Waals surface area contributed by atoms with Crippen LogP contribution in [0, 0.1) is 33.1 Å². The third-order valence-electron chi connectivity index (χ3n) is 5.92. The van der Waals surface area contributed by atoms with Crippen LogP contribution in [0.2, 0.25) is 0 Å². The van der Waals surface area contributed by atoms with Crippen LogP contribution in [0.5, 0.6) is 0 Å². The Kier molecular flexibility index (Phi) is 6.64. The van der Waals surface area contributed by atoms with Gasteiger partial charge in [0.05, 0.1) is 16.2 Å². The monoisotopic (exact) mass is 523 g/mol. The molecule has 0 radical (unpaired) electrons. The number of nitro groups is 1. The van der Waals surface area contributed by atoms with Crippen molar-refractivity contribution in [2.45, 2.75) is 9.92 Å². The van der Waals surface area contributed by atoms with Gasteiger partial charge in [0.25, 0.3) is 5.69 Å². The SMILES string of the molecule is N#Cc1c(-c2ccc(F)cc2F)cc(-c2cccc3ccccc23)nc1Sc1ccc([N+](=O)[O-])cc1C=O. The Bertz CT molecular complexity index is 1800. The highest BCUT2D eigenvalue weighted by Gasteiger charge is 2.21. The van der Waals surface area contributed by atoms with Crippen molar-refractivity contribution < 1.29 is 18.5 Å². The molecule has 0 spiro atoms. The standard InChI is InChI=1S/C29H15F2N3O3S/c30-19-8-10-22(26(31)13-19)24-14-27(23-7-3-5-17-4-1-2-6-21(17)23)33-29(25(24)15-32)38-28-11-9-20(34(36)37)12-18(28)16-35/h1-14,16H. The molecule has 5 rings (SSSR count). The summed E-state index contributed by atoms with van der Waals surface area (Å²) in [4.78, 5) is 27.3. The van der Waals surface area contributed by atoms with E-state index in [0.29, 0.717) is 16.9 Å². The molecule has 0 N–H and O–H groups in total. The molecule has 0 aliphatic carbocycles. The zero-order chi connectivity index (χ0) is 26.8. The van der Waals surface area contributed by atoms with Gasteiger partial charge in [-0.25, -0.2) is 13.8 Å². The summed E-state index contributed by atoms with van der Waals surface area (Å²) >= 11 is 0.959. The smallest absolute Gasteiger partial charge is 0.270 e. The number of aldehydes is 1. The van der Waals surface area contributed by atoms with Gasteiger partial charge in [-0.2, -0.15) is 5.26 Å². The van der Waals surface area contributed by atoms with Crippen molar-refractivity contribution in [1.29, 1.82) is 5.26 Å². The number of rotatable bonds is 6. The fourth-order valence-electron chi connectivity index (χ4n) is 4.15. The third-order valence-corrected chi connectivity index (χ3v) is 7.00. The fraction of sp³-hybridized carbons (Fsp3) is 0. The largest absolute Gasteiger partial charge is 0.298 e. The van der Waals surface area contributed by atoms with Crippen LogP contribution < -0.4 is 0 Å². The number of hydrogen-bond donors (Lipinski definition) is 0. The van der Waals surface area contributed by atoms with E-state index in [9.17, 15) is 29.0 Å². The average molecular weight is 524 g/mol. The van der Waals surface area contributed by atoms with E-state index < -0.39 is 16.6 Å². The number of benzene rings is 4. The summed E-state index contributed by atoms with van der Waals surface area (Å²) in [5, 5.41) is 23.2. The molecular formula is C29H15F2N3O3S. The van der Waals surface area contributed by atoms with Gasteiger partial charge in [-0.05, 0) is 35.0 Å². The van der Waals surface area contributed by atoms with Gasteiger partial charge in [0.2, 0.25) is 0 Å². The van der Waals surface area contributed by atoms with Crippen molar-refractivity contribution in [2.24, 2.45) is 0 Å². The maximum absolute atomic E-state index is 15.0. The molecule has 5 aromatic rings. The van der Waals surface area contributed by atoms with Crippen LogP contribution in [0.1, 0.15) is 15.9 Å². The van der Waals surface area contributed by atoms with Gasteiger partial charge in [-0.15, -0.1) is 0 Å². The maximum Gasteiger partial charge on any atom is 0.270 e. The van der Waals surface area contributed by atoms with E-state index in [1.165, 1.54) is 18.2 Å². The summed E-state index contributed by atoms with van der Waals surface area (Å²) < 4.78 is 28.7. The second kappa shape index (κ2) is 10.2. The lowest BCUT2D eigenvalue weighted by Gasteiger charge is -2.15. The third kappa shape index (κ3) is 4.61. The molecule has 0 fully saturated rings. The lowest BCUT2D eigenvalue weighted by molar-refractivity contribution is -0.384. The number of pyridine rings is 1. The first-order valence-electron chi connectivity index (χ1n) is 11.2. The minimum atomic E-state index is -0.851. The van der Waals surface area contributed by atoms with E-state index in [1.807, 2.05) is 42.5 Å². The molecule has 4 aromatic carbocycles. The lowest BCUT2D eigenvalue weighted by atomic mass is 9.96. The highest BCUT2D eigenvalue weighted by molar-refractivity contribution is 7.99. The first kappa shape index (κ1) is 24.7. The molecule has 9 heteroatoms. The Balaban J connectivity index is 1.78. The van der Waals surface area contributed by atoms with Crippen molar-refractivity contribution >= 4 is 34.5 Å². The van der Waals surface area contributed by atoms with E-state index in [-0.39, 0.29) is 33.0 Å². The van der Waals surface area contributed by atoms with Crippen molar-refractivity contribution in [3.63, 3.8) is 0 Å². The van der Waals surface area contributed by atoms with Crippen LogP contribution in [-0.2, 0) is 0 Å². The van der Waals surface area contributed by atoms with Crippen molar-refractivity contribution in [2.75, 3.05) is 0 Å². The zero-order valence-electron chi connectivity index (χ0n) is 19.4. The molecule has 0 saturated heterocycles. The second-order valence-electron chi connectivity index (χ2n) is 8.20. The molecule has 0 amide bonds. The van der Waals surface area contributed by atoms with E-state index in [1.54, 1.807) is 6.07 Å². The molecule has 0 aliphatic rings. The number of nitro benzene ring substituents is 1. The maximum atomic E-state index is 15.0. The van der Waals surface area contributed by atoms with Crippen LogP contribution in [0.3, 0.4) is 0 Å². The second-order valence-corrected chi connectivity index (χ2v) is 9.23. The van der Waals surface area contributed by atoms with Gasteiger partial charge in [0, 0.05) is 45.3 Å². The Morgan fingerprint density at radius 1 is 0.921 bits per heavy atom. The number of carbonyl (C=O) groups is 1. The average Bonchev–Trinajstić information content (AvgIpc) is 2.92. The predicted octanol–water partition coefficient (Wildman–Crippen LogP) is 7.59. The number of halogens is 2. The van der Waals surface area contributed by atoms with E-state index in [4.69, 9.17) is 4.98 Å². The first-order chi connectivity index (χ1) is 18.4. The van der Waals surface area contributed by atoms with Crippen molar-refractivity contribution in [3.8, 4) is 28.5 Å². The van der Waals surface area contributed by atoms with Gasteiger partial charge in [-0.1, -0.05) is 54.2 Å². The minimum Gasteiger partial charge on any atom is -0.298 e. The molecule has 1 aromatic heterocycles. The van der Waals surface area contributed by atoms with Crippen LogP contribution in [0.25, 0.3) is 33.2 Å². The zero-order valence-corrected chi connectivity index (χ0v) is 20.2. The van der Waals surface area contributed by atoms with Gasteiger partial charge in [-0.3, -0.25) is 14.9 Å². The number of non-ortho nitro benzene ring substituents is 1. The van der Waals surface area contributed by atoms with Crippen LogP contribution in [0.4, 0.5) is 14.5 Å².